The number of carbonyl (C=O) groups excluding carboxylic acids is 3. The fraction of sp³-hybridized carbons (Fsp3) is 0.500. The van der Waals surface area contributed by atoms with Crippen molar-refractivity contribution in [2.24, 2.45) is 0 Å². The van der Waals surface area contributed by atoms with Gasteiger partial charge in [-0.05, 0) is 30.4 Å². The molecule has 0 aliphatic carbocycles. The molecule has 150 valence electrons. The van der Waals surface area contributed by atoms with Crippen molar-refractivity contribution in [2.75, 3.05) is 42.6 Å². The van der Waals surface area contributed by atoms with Crippen LogP contribution < -0.4 is 16.0 Å². The minimum atomic E-state index is -0.347. The molecule has 0 saturated heterocycles. The first-order chi connectivity index (χ1) is 13.0. The number of carbonyl (C=O) groups is 3. The van der Waals surface area contributed by atoms with Crippen LogP contribution in [0.15, 0.2) is 18.2 Å². The average molecular weight is 430 g/mol. The molecule has 0 aliphatic rings. The standard InChI is InChI=1S/C18H27N3O3S3/c1-2-8-27-9-5-21-18(24)15-11-13(16(22)19-3-6-25)10-14(12-15)17(23)20-4-7-26/h10-12,25-26H,2-9H2,1H3,(H,19,22)(H,20,23)(H,21,24). The van der Waals surface area contributed by atoms with Crippen LogP contribution in [0.5, 0.6) is 0 Å². The van der Waals surface area contributed by atoms with Gasteiger partial charge in [0.2, 0.25) is 0 Å². The van der Waals surface area contributed by atoms with E-state index in [2.05, 4.69) is 48.1 Å². The third-order valence-electron chi connectivity index (χ3n) is 3.39. The largest absolute Gasteiger partial charge is 0.351 e. The van der Waals surface area contributed by atoms with Crippen molar-refractivity contribution < 1.29 is 14.4 Å². The van der Waals surface area contributed by atoms with Crippen LogP contribution in [-0.4, -0.2) is 60.4 Å². The second-order valence-corrected chi connectivity index (χ2v) is 7.75. The van der Waals surface area contributed by atoms with E-state index in [0.717, 1.165) is 17.9 Å². The summed E-state index contributed by atoms with van der Waals surface area (Å²) in [5.74, 6) is 1.86. The summed E-state index contributed by atoms with van der Waals surface area (Å²) in [7, 11) is 0. The number of benzene rings is 1. The van der Waals surface area contributed by atoms with E-state index in [1.54, 1.807) is 11.8 Å². The summed E-state index contributed by atoms with van der Waals surface area (Å²) in [6.45, 7) is 3.43. The predicted octanol–water partition coefficient (Wildman–Crippen LogP) is 1.88. The van der Waals surface area contributed by atoms with E-state index in [0.29, 0.717) is 31.1 Å². The Labute approximate surface area is 175 Å². The van der Waals surface area contributed by atoms with E-state index in [4.69, 9.17) is 0 Å². The van der Waals surface area contributed by atoms with E-state index in [9.17, 15) is 14.4 Å². The van der Waals surface area contributed by atoms with Crippen LogP contribution in [0.1, 0.15) is 44.4 Å². The molecule has 0 fully saturated rings. The highest BCUT2D eigenvalue weighted by Gasteiger charge is 2.16. The van der Waals surface area contributed by atoms with Gasteiger partial charge < -0.3 is 16.0 Å². The molecule has 6 nitrogen and oxygen atoms in total. The SMILES string of the molecule is CCCSCCNC(=O)c1cc(C(=O)NCCS)cc(C(=O)NCCS)c1. The molecule has 1 aromatic rings. The molecule has 0 spiro atoms. The maximum atomic E-state index is 12.4. The molecule has 3 N–H and O–H groups in total. The summed E-state index contributed by atoms with van der Waals surface area (Å²) < 4.78 is 0. The van der Waals surface area contributed by atoms with Gasteiger partial charge in [-0.3, -0.25) is 14.4 Å². The highest BCUT2D eigenvalue weighted by Crippen LogP contribution is 2.12. The number of thiol groups is 2. The summed E-state index contributed by atoms with van der Waals surface area (Å²) in [6.07, 6.45) is 1.09. The lowest BCUT2D eigenvalue weighted by Gasteiger charge is -2.11. The van der Waals surface area contributed by atoms with Gasteiger partial charge in [0.25, 0.3) is 17.7 Å². The maximum Gasteiger partial charge on any atom is 0.251 e. The molecule has 0 heterocycles. The third-order valence-corrected chi connectivity index (χ3v) is 5.03. The maximum absolute atomic E-state index is 12.4. The number of nitrogens with one attached hydrogen (secondary N) is 3. The summed E-state index contributed by atoms with van der Waals surface area (Å²) in [6, 6.07) is 4.48. The van der Waals surface area contributed by atoms with Gasteiger partial charge in [-0.2, -0.15) is 37.0 Å². The molecule has 1 aromatic carbocycles. The molecular weight excluding hydrogens is 402 g/mol. The molecule has 0 unspecified atom stereocenters. The van der Waals surface area contributed by atoms with Gasteiger partial charge >= 0.3 is 0 Å². The van der Waals surface area contributed by atoms with E-state index in [1.807, 2.05) is 0 Å². The minimum absolute atomic E-state index is 0.265. The predicted molar refractivity (Wildman–Crippen MR) is 119 cm³/mol. The second kappa shape index (κ2) is 13.8. The van der Waals surface area contributed by atoms with Gasteiger partial charge in [0.05, 0.1) is 0 Å². The number of hydrogen-bond acceptors (Lipinski definition) is 6. The molecule has 0 radical (unpaired) electrons. The molecule has 0 aliphatic heterocycles. The molecule has 3 amide bonds. The lowest BCUT2D eigenvalue weighted by molar-refractivity contribution is 0.0955. The lowest BCUT2D eigenvalue weighted by Crippen LogP contribution is -2.30. The second-order valence-electron chi connectivity index (χ2n) is 5.63. The van der Waals surface area contributed by atoms with Crippen molar-refractivity contribution in [2.45, 2.75) is 13.3 Å². The average Bonchev–Trinajstić information content (AvgIpc) is 2.69. The first-order valence-corrected chi connectivity index (χ1v) is 11.2. The van der Waals surface area contributed by atoms with Crippen molar-refractivity contribution in [3.8, 4) is 0 Å². The summed E-state index contributed by atoms with van der Waals surface area (Å²) in [4.78, 5) is 37.0. The number of thioether (sulfide) groups is 1. The molecule has 0 aromatic heterocycles. The Kier molecular flexibility index (Phi) is 12.1. The fourth-order valence-corrected chi connectivity index (χ4v) is 3.11. The molecular formula is C18H27N3O3S3. The van der Waals surface area contributed by atoms with Gasteiger partial charge in [-0.25, -0.2) is 0 Å². The normalized spacial score (nSPS) is 10.3. The number of amides is 3. The molecule has 27 heavy (non-hydrogen) atoms. The van der Waals surface area contributed by atoms with Crippen molar-refractivity contribution in [1.82, 2.24) is 16.0 Å². The van der Waals surface area contributed by atoms with Gasteiger partial charge in [-0.1, -0.05) is 6.92 Å². The van der Waals surface area contributed by atoms with Crippen LogP contribution in [0.3, 0.4) is 0 Å². The Bertz CT molecular complexity index is 603. The fourth-order valence-electron chi connectivity index (χ4n) is 2.15. The zero-order valence-corrected chi connectivity index (χ0v) is 18.0. The van der Waals surface area contributed by atoms with Crippen molar-refractivity contribution in [1.29, 1.82) is 0 Å². The van der Waals surface area contributed by atoms with Crippen molar-refractivity contribution in [3.63, 3.8) is 0 Å². The first-order valence-electron chi connectivity index (χ1n) is 8.82. The van der Waals surface area contributed by atoms with Crippen molar-refractivity contribution >= 4 is 54.7 Å². The molecule has 9 heteroatoms. The van der Waals surface area contributed by atoms with Crippen LogP contribution in [0.25, 0.3) is 0 Å². The highest BCUT2D eigenvalue weighted by molar-refractivity contribution is 7.99. The smallest absolute Gasteiger partial charge is 0.251 e. The first kappa shape index (κ1) is 23.7. The Balaban J connectivity index is 2.94. The topological polar surface area (TPSA) is 87.3 Å². The van der Waals surface area contributed by atoms with Crippen molar-refractivity contribution in [3.05, 3.63) is 34.9 Å². The Morgan fingerprint density at radius 1 is 0.778 bits per heavy atom. The van der Waals surface area contributed by atoms with Gasteiger partial charge in [-0.15, -0.1) is 0 Å². The summed E-state index contributed by atoms with van der Waals surface area (Å²) in [5, 5.41) is 8.22. The quantitative estimate of drug-likeness (QED) is 0.259. The van der Waals surface area contributed by atoms with Crippen LogP contribution >= 0.6 is 37.0 Å². The van der Waals surface area contributed by atoms with E-state index >= 15 is 0 Å². The Morgan fingerprint density at radius 3 is 1.56 bits per heavy atom. The van der Waals surface area contributed by atoms with Gasteiger partial charge in [0, 0.05) is 53.6 Å². The third kappa shape index (κ3) is 8.94. The van der Waals surface area contributed by atoms with E-state index in [-0.39, 0.29) is 34.4 Å². The zero-order valence-electron chi connectivity index (χ0n) is 15.4. The monoisotopic (exact) mass is 429 g/mol. The highest BCUT2D eigenvalue weighted by atomic mass is 32.2. The van der Waals surface area contributed by atoms with E-state index < -0.39 is 0 Å². The Morgan fingerprint density at radius 2 is 1.19 bits per heavy atom. The number of hydrogen-bond donors (Lipinski definition) is 5. The van der Waals surface area contributed by atoms with Crippen LogP contribution in [-0.2, 0) is 0 Å². The molecule has 1 rings (SSSR count). The molecule has 0 saturated carbocycles. The van der Waals surface area contributed by atoms with Gasteiger partial charge in [0.15, 0.2) is 0 Å². The van der Waals surface area contributed by atoms with Crippen LogP contribution in [0, 0.1) is 0 Å². The lowest BCUT2D eigenvalue weighted by atomic mass is 10.0. The number of rotatable bonds is 12. The minimum Gasteiger partial charge on any atom is -0.351 e. The van der Waals surface area contributed by atoms with E-state index in [1.165, 1.54) is 18.2 Å². The zero-order chi connectivity index (χ0) is 20.1. The molecule has 0 atom stereocenters. The Hall–Kier alpha value is -1.32. The summed E-state index contributed by atoms with van der Waals surface area (Å²) in [5.41, 5.74) is 0.812. The van der Waals surface area contributed by atoms with Gasteiger partial charge in [0.1, 0.15) is 0 Å². The van der Waals surface area contributed by atoms with Crippen LogP contribution in [0.2, 0.25) is 0 Å². The molecule has 0 bridgehead atoms. The van der Waals surface area contributed by atoms with Crippen LogP contribution in [0.4, 0.5) is 0 Å². The summed E-state index contributed by atoms with van der Waals surface area (Å²) >= 11 is 9.89.